The molecule has 1 unspecified atom stereocenters. The van der Waals surface area contributed by atoms with E-state index in [1.54, 1.807) is 6.07 Å². The van der Waals surface area contributed by atoms with Crippen LogP contribution in [-0.4, -0.2) is 36.0 Å². The smallest absolute Gasteiger partial charge is 0.244 e. The van der Waals surface area contributed by atoms with Crippen LogP contribution in [0.4, 0.5) is 0 Å². The van der Waals surface area contributed by atoms with Crippen LogP contribution < -0.4 is 0 Å². The first-order chi connectivity index (χ1) is 14.8. The van der Waals surface area contributed by atoms with Gasteiger partial charge in [-0.1, -0.05) is 59.5 Å². The molecule has 0 spiro atoms. The zero-order chi connectivity index (χ0) is 22.2. The molecule has 0 saturated carbocycles. The summed E-state index contributed by atoms with van der Waals surface area (Å²) < 4.78 is 33.0. The van der Waals surface area contributed by atoms with Crippen LogP contribution in [0.3, 0.4) is 0 Å². The van der Waals surface area contributed by atoms with Crippen molar-refractivity contribution in [2.45, 2.75) is 43.4 Å². The molecule has 31 heavy (non-hydrogen) atoms. The molecule has 2 aromatic carbocycles. The van der Waals surface area contributed by atoms with Crippen molar-refractivity contribution in [3.05, 3.63) is 75.4 Å². The third kappa shape index (κ3) is 4.51. The summed E-state index contributed by atoms with van der Waals surface area (Å²) >= 11 is 12.1. The lowest BCUT2D eigenvalue weighted by Gasteiger charge is -2.29. The molecule has 9 heteroatoms. The monoisotopic (exact) mass is 479 g/mol. The zero-order valence-electron chi connectivity index (χ0n) is 17.3. The highest BCUT2D eigenvalue weighted by molar-refractivity contribution is 7.89. The normalized spacial score (nSPS) is 17.0. The molecule has 0 amide bonds. The molecule has 3 aromatic rings. The van der Waals surface area contributed by atoms with Gasteiger partial charge in [-0.2, -0.15) is 9.29 Å². The van der Waals surface area contributed by atoms with Gasteiger partial charge in [0.25, 0.3) is 0 Å². The highest BCUT2D eigenvalue weighted by Gasteiger charge is 2.33. The first-order valence-electron chi connectivity index (χ1n) is 10.1. The lowest BCUT2D eigenvalue weighted by Crippen LogP contribution is -2.38. The van der Waals surface area contributed by atoms with Crippen molar-refractivity contribution in [3.63, 3.8) is 0 Å². The van der Waals surface area contributed by atoms with Crippen molar-refractivity contribution in [1.29, 1.82) is 0 Å². The van der Waals surface area contributed by atoms with E-state index >= 15 is 0 Å². The van der Waals surface area contributed by atoms with E-state index in [9.17, 15) is 8.42 Å². The summed E-state index contributed by atoms with van der Waals surface area (Å²) in [5.41, 5.74) is 2.34. The van der Waals surface area contributed by atoms with Gasteiger partial charge in [-0.3, -0.25) is 0 Å². The number of rotatable bonds is 5. The topological polar surface area (TPSA) is 76.3 Å². The number of benzene rings is 2. The molecule has 0 N–H and O–H groups in total. The standard InChI is InChI=1S/C22H23Cl2N3O3S/c1-14-5-3-4-6-18(14)15(2)21-25-22(30-26-21)16-9-11-27(12-10-16)31(28,29)20-13-17(23)7-8-19(20)24/h3-8,13,15-16H,9-12H2,1-2H3. The van der Waals surface area contributed by atoms with Gasteiger partial charge in [0.1, 0.15) is 4.90 Å². The van der Waals surface area contributed by atoms with Crippen molar-refractivity contribution < 1.29 is 12.9 Å². The number of halogens is 2. The number of hydrogen-bond acceptors (Lipinski definition) is 5. The maximum Gasteiger partial charge on any atom is 0.244 e. The first kappa shape index (κ1) is 22.3. The molecule has 1 atom stereocenters. The van der Waals surface area contributed by atoms with Crippen LogP contribution in [0.5, 0.6) is 0 Å². The van der Waals surface area contributed by atoms with Crippen LogP contribution in [0.2, 0.25) is 10.0 Å². The van der Waals surface area contributed by atoms with E-state index in [2.05, 4.69) is 36.1 Å². The summed E-state index contributed by atoms with van der Waals surface area (Å²) in [7, 11) is -3.72. The summed E-state index contributed by atoms with van der Waals surface area (Å²) in [4.78, 5) is 4.67. The maximum atomic E-state index is 13.0. The molecule has 1 aliphatic heterocycles. The number of sulfonamides is 1. The minimum absolute atomic E-state index is 0.0177. The summed E-state index contributed by atoms with van der Waals surface area (Å²) in [6.07, 6.45) is 1.19. The van der Waals surface area contributed by atoms with Crippen LogP contribution >= 0.6 is 23.2 Å². The average Bonchev–Trinajstić information content (AvgIpc) is 3.26. The molecule has 0 bridgehead atoms. The second kappa shape index (κ2) is 8.90. The SMILES string of the molecule is Cc1ccccc1C(C)c1noc(C2CCN(S(=O)(=O)c3cc(Cl)ccc3Cl)CC2)n1. The minimum atomic E-state index is -3.72. The Balaban J connectivity index is 1.46. The predicted octanol–water partition coefficient (Wildman–Crippen LogP) is 5.40. The Morgan fingerprint density at radius 1 is 1.13 bits per heavy atom. The van der Waals surface area contributed by atoms with Crippen molar-refractivity contribution >= 4 is 33.2 Å². The number of hydrogen-bond donors (Lipinski definition) is 0. The van der Waals surface area contributed by atoms with E-state index < -0.39 is 10.0 Å². The fourth-order valence-electron chi connectivity index (χ4n) is 3.96. The quantitative estimate of drug-likeness (QED) is 0.489. The number of aromatic nitrogens is 2. The molecule has 1 fully saturated rings. The van der Waals surface area contributed by atoms with Gasteiger partial charge in [0, 0.05) is 29.9 Å². The van der Waals surface area contributed by atoms with Crippen molar-refractivity contribution in [3.8, 4) is 0 Å². The molecular formula is C22H23Cl2N3O3S. The van der Waals surface area contributed by atoms with Gasteiger partial charge in [0.15, 0.2) is 5.82 Å². The van der Waals surface area contributed by atoms with Crippen LogP contribution in [-0.2, 0) is 10.0 Å². The third-order valence-electron chi connectivity index (χ3n) is 5.81. The van der Waals surface area contributed by atoms with Crippen LogP contribution in [0, 0.1) is 6.92 Å². The summed E-state index contributed by atoms with van der Waals surface area (Å²) in [6.45, 7) is 4.82. The van der Waals surface area contributed by atoms with Gasteiger partial charge in [-0.05, 0) is 49.1 Å². The Bertz CT molecular complexity index is 1190. The van der Waals surface area contributed by atoms with Crippen molar-refractivity contribution in [2.75, 3.05) is 13.1 Å². The molecule has 0 radical (unpaired) electrons. The maximum absolute atomic E-state index is 13.0. The van der Waals surface area contributed by atoms with Gasteiger partial charge < -0.3 is 4.52 Å². The fourth-order valence-corrected chi connectivity index (χ4v) is 6.16. The van der Waals surface area contributed by atoms with Gasteiger partial charge in [0.2, 0.25) is 15.9 Å². The first-order valence-corrected chi connectivity index (χ1v) is 12.3. The highest BCUT2D eigenvalue weighted by atomic mass is 35.5. The van der Waals surface area contributed by atoms with Gasteiger partial charge in [0.05, 0.1) is 5.02 Å². The van der Waals surface area contributed by atoms with Crippen molar-refractivity contribution in [2.24, 2.45) is 0 Å². The van der Waals surface area contributed by atoms with Crippen LogP contribution in [0.1, 0.15) is 54.4 Å². The summed E-state index contributed by atoms with van der Waals surface area (Å²) in [5, 5.41) is 4.69. The lowest BCUT2D eigenvalue weighted by atomic mass is 9.95. The Morgan fingerprint density at radius 2 is 1.84 bits per heavy atom. The Kier molecular flexibility index (Phi) is 6.40. The van der Waals surface area contributed by atoms with E-state index in [1.807, 2.05) is 12.1 Å². The van der Waals surface area contributed by atoms with E-state index in [-0.39, 0.29) is 21.8 Å². The minimum Gasteiger partial charge on any atom is -0.339 e. The fraction of sp³-hybridized carbons (Fsp3) is 0.364. The zero-order valence-corrected chi connectivity index (χ0v) is 19.6. The number of piperidine rings is 1. The molecule has 164 valence electrons. The second-order valence-corrected chi connectivity index (χ2v) is 10.6. The lowest BCUT2D eigenvalue weighted by molar-refractivity contribution is 0.270. The molecule has 2 heterocycles. The third-order valence-corrected chi connectivity index (χ3v) is 8.43. The molecular weight excluding hydrogens is 457 g/mol. The Hall–Kier alpha value is -1.93. The summed E-state index contributed by atoms with van der Waals surface area (Å²) in [6, 6.07) is 12.6. The molecule has 1 saturated heterocycles. The van der Waals surface area contributed by atoms with Crippen LogP contribution in [0.25, 0.3) is 0 Å². The van der Waals surface area contributed by atoms with Crippen molar-refractivity contribution in [1.82, 2.24) is 14.4 Å². The van der Waals surface area contributed by atoms with E-state index in [0.29, 0.717) is 42.7 Å². The number of nitrogens with zero attached hydrogens (tertiary/aromatic N) is 3. The Labute approximate surface area is 192 Å². The highest BCUT2D eigenvalue weighted by Crippen LogP contribution is 2.34. The molecule has 4 rings (SSSR count). The van der Waals surface area contributed by atoms with Gasteiger partial charge >= 0.3 is 0 Å². The van der Waals surface area contributed by atoms with Gasteiger partial charge in [-0.15, -0.1) is 0 Å². The Morgan fingerprint density at radius 3 is 2.55 bits per heavy atom. The predicted molar refractivity (Wildman–Crippen MR) is 120 cm³/mol. The van der Waals surface area contributed by atoms with E-state index in [0.717, 1.165) is 5.56 Å². The van der Waals surface area contributed by atoms with Crippen LogP contribution in [0.15, 0.2) is 51.9 Å². The molecule has 6 nitrogen and oxygen atoms in total. The van der Waals surface area contributed by atoms with Gasteiger partial charge in [-0.25, -0.2) is 8.42 Å². The average molecular weight is 480 g/mol. The number of aryl methyl sites for hydroxylation is 1. The van der Waals surface area contributed by atoms with E-state index in [4.69, 9.17) is 27.7 Å². The second-order valence-electron chi connectivity index (χ2n) is 7.82. The molecule has 1 aromatic heterocycles. The van der Waals surface area contributed by atoms with E-state index in [1.165, 1.54) is 22.0 Å². The molecule has 1 aliphatic rings. The summed E-state index contributed by atoms with van der Waals surface area (Å²) in [5.74, 6) is 1.24. The largest absolute Gasteiger partial charge is 0.339 e. The molecule has 0 aliphatic carbocycles.